The summed E-state index contributed by atoms with van der Waals surface area (Å²) in [6, 6.07) is 1.01. The van der Waals surface area contributed by atoms with Crippen molar-refractivity contribution in [3.05, 3.63) is 46.3 Å². The summed E-state index contributed by atoms with van der Waals surface area (Å²) in [7, 11) is 0. The fourth-order valence-electron chi connectivity index (χ4n) is 1.10. The largest absolute Gasteiger partial charge is 0.321 e. The zero-order valence-electron chi connectivity index (χ0n) is 7.80. The van der Waals surface area contributed by atoms with Crippen LogP contribution in [0, 0.1) is 17.0 Å². The zero-order valence-corrected chi connectivity index (χ0v) is 7.80. The van der Waals surface area contributed by atoms with Gasteiger partial charge in [0.1, 0.15) is 6.20 Å². The van der Waals surface area contributed by atoms with E-state index in [-0.39, 0.29) is 5.69 Å². The zero-order chi connectivity index (χ0) is 10.7. The first-order valence-corrected chi connectivity index (χ1v) is 4.05. The summed E-state index contributed by atoms with van der Waals surface area (Å²) in [6.45, 7) is 5.28. The summed E-state index contributed by atoms with van der Waals surface area (Å²) in [4.78, 5) is 13.9. The van der Waals surface area contributed by atoms with E-state index in [2.05, 4.69) is 11.6 Å². The molecule has 0 radical (unpaired) electrons. The molecule has 74 valence electrons. The van der Waals surface area contributed by atoms with Crippen LogP contribution in [0.5, 0.6) is 0 Å². The lowest BCUT2D eigenvalue weighted by atomic mass is 10.1. The Bertz CT molecular complexity index is 376. The predicted octanol–water partition coefficient (Wildman–Crippen LogP) is 1.48. The first kappa shape index (κ1) is 10.3. The molecule has 0 unspecified atom stereocenters. The Morgan fingerprint density at radius 2 is 2.43 bits per heavy atom. The van der Waals surface area contributed by atoms with E-state index in [4.69, 9.17) is 5.73 Å². The van der Waals surface area contributed by atoms with Gasteiger partial charge in [-0.1, -0.05) is 6.08 Å². The number of nitro groups is 1. The van der Waals surface area contributed by atoms with E-state index in [1.807, 2.05) is 0 Å². The lowest BCUT2D eigenvalue weighted by Gasteiger charge is -2.08. The van der Waals surface area contributed by atoms with Crippen molar-refractivity contribution in [1.82, 2.24) is 4.98 Å². The minimum absolute atomic E-state index is 0.0529. The highest BCUT2D eigenvalue weighted by Crippen LogP contribution is 2.19. The Morgan fingerprint density at radius 3 is 2.93 bits per heavy atom. The number of hydrogen-bond donors (Lipinski definition) is 1. The summed E-state index contributed by atoms with van der Waals surface area (Å²) in [5.74, 6) is 0. The molecule has 1 atom stereocenters. The molecular weight excluding hydrogens is 182 g/mol. The average molecular weight is 193 g/mol. The summed E-state index contributed by atoms with van der Waals surface area (Å²) >= 11 is 0. The van der Waals surface area contributed by atoms with Crippen LogP contribution in [-0.2, 0) is 0 Å². The molecule has 2 N–H and O–H groups in total. The molecule has 14 heavy (non-hydrogen) atoms. The normalized spacial score (nSPS) is 12.1. The van der Waals surface area contributed by atoms with Crippen molar-refractivity contribution < 1.29 is 4.92 Å². The lowest BCUT2D eigenvalue weighted by Crippen LogP contribution is -2.09. The molecule has 0 amide bonds. The van der Waals surface area contributed by atoms with Crippen molar-refractivity contribution in [2.45, 2.75) is 13.0 Å². The van der Waals surface area contributed by atoms with Gasteiger partial charge in [0.25, 0.3) is 5.69 Å². The molecule has 1 rings (SSSR count). The molecule has 0 aromatic carbocycles. The molecular formula is C9H11N3O2. The molecule has 0 spiro atoms. The Balaban J connectivity index is 3.20. The number of rotatable bonds is 3. The Morgan fingerprint density at radius 1 is 1.79 bits per heavy atom. The highest BCUT2D eigenvalue weighted by molar-refractivity contribution is 5.36. The van der Waals surface area contributed by atoms with Gasteiger partial charge >= 0.3 is 0 Å². The number of hydrogen-bond acceptors (Lipinski definition) is 4. The van der Waals surface area contributed by atoms with E-state index in [0.717, 1.165) is 0 Å². The van der Waals surface area contributed by atoms with Crippen LogP contribution < -0.4 is 5.73 Å². The predicted molar refractivity (Wildman–Crippen MR) is 52.8 cm³/mol. The second kappa shape index (κ2) is 3.97. The molecule has 5 nitrogen and oxygen atoms in total. The summed E-state index contributed by atoms with van der Waals surface area (Å²) in [6.07, 6.45) is 2.74. The molecule has 0 fully saturated rings. The lowest BCUT2D eigenvalue weighted by molar-refractivity contribution is -0.385. The minimum atomic E-state index is -0.494. The molecule has 0 aliphatic carbocycles. The molecule has 0 aliphatic heterocycles. The van der Waals surface area contributed by atoms with E-state index in [1.165, 1.54) is 18.3 Å². The number of aryl methyl sites for hydroxylation is 1. The Labute approximate surface area is 81.4 Å². The SMILES string of the molecule is C=C[C@@H](N)c1cc([N+](=O)[O-])cnc1C. The van der Waals surface area contributed by atoms with E-state index >= 15 is 0 Å². The van der Waals surface area contributed by atoms with Gasteiger partial charge in [-0.25, -0.2) is 0 Å². The van der Waals surface area contributed by atoms with Crippen LogP contribution in [0.15, 0.2) is 24.9 Å². The van der Waals surface area contributed by atoms with Crippen molar-refractivity contribution in [2.75, 3.05) is 0 Å². The van der Waals surface area contributed by atoms with E-state index in [1.54, 1.807) is 6.92 Å². The molecule has 0 saturated heterocycles. The summed E-state index contributed by atoms with van der Waals surface area (Å²) in [5.41, 5.74) is 6.95. The first-order valence-electron chi connectivity index (χ1n) is 4.05. The van der Waals surface area contributed by atoms with Gasteiger partial charge in [0.05, 0.1) is 4.92 Å². The molecule has 0 aliphatic rings. The maximum Gasteiger partial charge on any atom is 0.287 e. The fourth-order valence-corrected chi connectivity index (χ4v) is 1.10. The van der Waals surface area contributed by atoms with Crippen molar-refractivity contribution in [3.8, 4) is 0 Å². The molecule has 5 heteroatoms. The second-order valence-electron chi connectivity index (χ2n) is 2.89. The third-order valence-corrected chi connectivity index (χ3v) is 1.94. The van der Waals surface area contributed by atoms with E-state index in [9.17, 15) is 10.1 Å². The highest BCUT2D eigenvalue weighted by Gasteiger charge is 2.12. The van der Waals surface area contributed by atoms with Crippen LogP contribution in [0.1, 0.15) is 17.3 Å². The van der Waals surface area contributed by atoms with Gasteiger partial charge in [-0.2, -0.15) is 0 Å². The maximum absolute atomic E-state index is 10.5. The Hall–Kier alpha value is -1.75. The van der Waals surface area contributed by atoms with Gasteiger partial charge in [0, 0.05) is 23.4 Å². The molecule has 0 bridgehead atoms. The highest BCUT2D eigenvalue weighted by atomic mass is 16.6. The van der Waals surface area contributed by atoms with Gasteiger partial charge in [0.15, 0.2) is 0 Å². The van der Waals surface area contributed by atoms with Crippen LogP contribution in [0.25, 0.3) is 0 Å². The van der Waals surface area contributed by atoms with Crippen LogP contribution in [0.4, 0.5) is 5.69 Å². The van der Waals surface area contributed by atoms with E-state index < -0.39 is 11.0 Å². The summed E-state index contributed by atoms with van der Waals surface area (Å²) < 4.78 is 0. The molecule has 1 aromatic rings. The maximum atomic E-state index is 10.5. The monoisotopic (exact) mass is 193 g/mol. The van der Waals surface area contributed by atoms with Gasteiger partial charge in [-0.05, 0) is 6.92 Å². The van der Waals surface area contributed by atoms with Crippen molar-refractivity contribution >= 4 is 5.69 Å². The van der Waals surface area contributed by atoms with Gasteiger partial charge in [-0.15, -0.1) is 6.58 Å². The third kappa shape index (κ3) is 1.94. The topological polar surface area (TPSA) is 82.0 Å². The van der Waals surface area contributed by atoms with Crippen LogP contribution in [0.2, 0.25) is 0 Å². The number of aromatic nitrogens is 1. The van der Waals surface area contributed by atoms with Crippen LogP contribution >= 0.6 is 0 Å². The van der Waals surface area contributed by atoms with Crippen LogP contribution in [0.3, 0.4) is 0 Å². The fraction of sp³-hybridized carbons (Fsp3) is 0.222. The van der Waals surface area contributed by atoms with Crippen molar-refractivity contribution in [3.63, 3.8) is 0 Å². The molecule has 1 heterocycles. The first-order chi connectivity index (χ1) is 6.56. The van der Waals surface area contributed by atoms with E-state index in [0.29, 0.717) is 11.3 Å². The van der Waals surface area contributed by atoms with Crippen molar-refractivity contribution in [2.24, 2.45) is 5.73 Å². The Kier molecular flexibility index (Phi) is 2.93. The number of nitrogens with zero attached hydrogens (tertiary/aromatic N) is 2. The van der Waals surface area contributed by atoms with Gasteiger partial charge < -0.3 is 5.73 Å². The third-order valence-electron chi connectivity index (χ3n) is 1.94. The van der Waals surface area contributed by atoms with Crippen molar-refractivity contribution in [1.29, 1.82) is 0 Å². The smallest absolute Gasteiger partial charge is 0.287 e. The second-order valence-corrected chi connectivity index (χ2v) is 2.89. The van der Waals surface area contributed by atoms with Gasteiger partial charge in [-0.3, -0.25) is 15.1 Å². The average Bonchev–Trinajstić information content (AvgIpc) is 2.17. The molecule has 1 aromatic heterocycles. The van der Waals surface area contributed by atoms with Crippen LogP contribution in [-0.4, -0.2) is 9.91 Å². The van der Waals surface area contributed by atoms with Gasteiger partial charge in [0.2, 0.25) is 0 Å². The minimum Gasteiger partial charge on any atom is -0.321 e. The molecule has 0 saturated carbocycles. The number of pyridine rings is 1. The standard InChI is InChI=1S/C9H11N3O2/c1-3-9(10)8-4-7(12(13)14)5-11-6(8)2/h3-5,9H,1,10H2,2H3/t9-/m1/s1. The quantitative estimate of drug-likeness (QED) is 0.448. The number of nitrogens with two attached hydrogens (primary N) is 1. The summed E-state index contributed by atoms with van der Waals surface area (Å²) in [5, 5.41) is 10.5.